The summed E-state index contributed by atoms with van der Waals surface area (Å²) in [5, 5.41) is 0. The predicted octanol–water partition coefficient (Wildman–Crippen LogP) is 1.86. The fraction of sp³-hybridized carbons (Fsp3) is 0.389. The van der Waals surface area contributed by atoms with E-state index in [9.17, 15) is 0 Å². The average molecular weight is 336 g/mol. The molecule has 4 heterocycles. The summed E-state index contributed by atoms with van der Waals surface area (Å²) in [7, 11) is 0. The standard InChI is InChI=1S/C18H20N6O/c1-13-11-23(13)17-10-16(22-6-8-25-9-7-22)20-18(21-17)24-12-19-14-4-2-3-5-15(14)24/h2-5,10,12-13H,6-9,11H2,1H3. The van der Waals surface area contributed by atoms with Crippen molar-refractivity contribution in [3.8, 4) is 5.95 Å². The number of hydrogen-bond acceptors (Lipinski definition) is 6. The summed E-state index contributed by atoms with van der Waals surface area (Å²) in [6, 6.07) is 10.7. The molecule has 0 saturated carbocycles. The Morgan fingerprint density at radius 3 is 2.64 bits per heavy atom. The largest absolute Gasteiger partial charge is 0.378 e. The molecule has 128 valence electrons. The molecule has 7 nitrogen and oxygen atoms in total. The zero-order valence-electron chi connectivity index (χ0n) is 14.2. The SMILES string of the molecule is CC1CN1c1cc(N2CCOCC2)nc(-n2cnc3ccccc32)n1. The van der Waals surface area contributed by atoms with Crippen LogP contribution in [0.15, 0.2) is 36.7 Å². The van der Waals surface area contributed by atoms with Crippen molar-refractivity contribution in [3.05, 3.63) is 36.7 Å². The minimum atomic E-state index is 0.542. The lowest BCUT2D eigenvalue weighted by Crippen LogP contribution is -2.37. The number of benzene rings is 1. The minimum absolute atomic E-state index is 0.542. The van der Waals surface area contributed by atoms with E-state index in [0.717, 1.165) is 55.5 Å². The molecule has 2 fully saturated rings. The molecule has 0 spiro atoms. The first-order valence-electron chi connectivity index (χ1n) is 8.70. The summed E-state index contributed by atoms with van der Waals surface area (Å²) < 4.78 is 7.45. The molecule has 1 atom stereocenters. The van der Waals surface area contributed by atoms with Gasteiger partial charge >= 0.3 is 0 Å². The van der Waals surface area contributed by atoms with Crippen molar-refractivity contribution in [1.82, 2.24) is 19.5 Å². The lowest BCUT2D eigenvalue weighted by molar-refractivity contribution is 0.122. The lowest BCUT2D eigenvalue weighted by Gasteiger charge is -2.28. The average Bonchev–Trinajstić information content (AvgIpc) is 3.25. The van der Waals surface area contributed by atoms with Gasteiger partial charge in [-0.3, -0.25) is 4.57 Å². The summed E-state index contributed by atoms with van der Waals surface area (Å²) in [5.74, 6) is 2.61. The van der Waals surface area contributed by atoms with Crippen molar-refractivity contribution in [2.75, 3.05) is 42.6 Å². The van der Waals surface area contributed by atoms with Gasteiger partial charge in [-0.25, -0.2) is 4.98 Å². The van der Waals surface area contributed by atoms with Crippen LogP contribution >= 0.6 is 0 Å². The zero-order chi connectivity index (χ0) is 16.8. The molecule has 3 aromatic rings. The van der Waals surface area contributed by atoms with Crippen LogP contribution in [0.25, 0.3) is 17.0 Å². The summed E-state index contributed by atoms with van der Waals surface area (Å²) in [6.07, 6.45) is 1.80. The summed E-state index contributed by atoms with van der Waals surface area (Å²) in [4.78, 5) is 18.7. The van der Waals surface area contributed by atoms with Crippen LogP contribution in [0, 0.1) is 0 Å². The minimum Gasteiger partial charge on any atom is -0.378 e. The van der Waals surface area contributed by atoms with Gasteiger partial charge in [0.05, 0.1) is 24.2 Å². The van der Waals surface area contributed by atoms with E-state index >= 15 is 0 Å². The second kappa shape index (κ2) is 5.70. The highest BCUT2D eigenvalue weighted by atomic mass is 16.5. The number of ether oxygens (including phenoxy) is 1. The van der Waals surface area contributed by atoms with Crippen molar-refractivity contribution in [2.45, 2.75) is 13.0 Å². The number of rotatable bonds is 3. The lowest BCUT2D eigenvalue weighted by atomic mass is 10.3. The molecule has 2 saturated heterocycles. The van der Waals surface area contributed by atoms with Crippen molar-refractivity contribution >= 4 is 22.7 Å². The van der Waals surface area contributed by atoms with E-state index in [4.69, 9.17) is 14.7 Å². The van der Waals surface area contributed by atoms with Gasteiger partial charge in [0.2, 0.25) is 5.95 Å². The van der Waals surface area contributed by atoms with E-state index in [2.05, 4.69) is 27.8 Å². The normalized spacial score (nSPS) is 20.3. The molecule has 1 unspecified atom stereocenters. The van der Waals surface area contributed by atoms with Crippen LogP contribution in [0.1, 0.15) is 6.92 Å². The Morgan fingerprint density at radius 1 is 1.08 bits per heavy atom. The van der Waals surface area contributed by atoms with Gasteiger partial charge in [0.25, 0.3) is 0 Å². The molecule has 2 aliphatic heterocycles. The van der Waals surface area contributed by atoms with Gasteiger partial charge in [-0.05, 0) is 19.1 Å². The monoisotopic (exact) mass is 336 g/mol. The number of imidazole rings is 1. The fourth-order valence-corrected chi connectivity index (χ4v) is 3.29. The van der Waals surface area contributed by atoms with E-state index in [-0.39, 0.29) is 0 Å². The Morgan fingerprint density at radius 2 is 1.84 bits per heavy atom. The second-order valence-electron chi connectivity index (χ2n) is 6.59. The second-order valence-corrected chi connectivity index (χ2v) is 6.59. The molecule has 2 aliphatic rings. The van der Waals surface area contributed by atoms with E-state index in [0.29, 0.717) is 12.0 Å². The smallest absolute Gasteiger partial charge is 0.239 e. The van der Waals surface area contributed by atoms with E-state index in [1.54, 1.807) is 6.33 Å². The van der Waals surface area contributed by atoms with Gasteiger partial charge in [0, 0.05) is 31.7 Å². The number of aromatic nitrogens is 4. The Bertz CT molecular complexity index is 917. The number of fused-ring (bicyclic) bond motifs is 1. The summed E-state index contributed by atoms with van der Waals surface area (Å²) in [5.41, 5.74) is 1.97. The van der Waals surface area contributed by atoms with Crippen molar-refractivity contribution in [3.63, 3.8) is 0 Å². The molecule has 5 rings (SSSR count). The molecule has 0 amide bonds. The maximum absolute atomic E-state index is 5.48. The summed E-state index contributed by atoms with van der Waals surface area (Å²) >= 11 is 0. The Kier molecular flexibility index (Phi) is 3.34. The number of hydrogen-bond donors (Lipinski definition) is 0. The third kappa shape index (κ3) is 2.60. The fourth-order valence-electron chi connectivity index (χ4n) is 3.29. The Labute approximate surface area is 145 Å². The van der Waals surface area contributed by atoms with Crippen molar-refractivity contribution in [1.29, 1.82) is 0 Å². The first-order chi connectivity index (χ1) is 12.3. The molecular weight excluding hydrogens is 316 g/mol. The first kappa shape index (κ1) is 14.7. The highest BCUT2D eigenvalue weighted by molar-refractivity contribution is 5.76. The highest BCUT2D eigenvalue weighted by Crippen LogP contribution is 2.30. The highest BCUT2D eigenvalue weighted by Gasteiger charge is 2.32. The molecule has 2 aromatic heterocycles. The van der Waals surface area contributed by atoms with Gasteiger partial charge < -0.3 is 14.5 Å². The molecule has 0 radical (unpaired) electrons. The van der Waals surface area contributed by atoms with Crippen molar-refractivity contribution in [2.24, 2.45) is 0 Å². The third-order valence-corrected chi connectivity index (χ3v) is 4.85. The first-order valence-corrected chi connectivity index (χ1v) is 8.70. The van der Waals surface area contributed by atoms with Crippen LogP contribution in [-0.4, -0.2) is 58.4 Å². The maximum Gasteiger partial charge on any atom is 0.239 e. The van der Waals surface area contributed by atoms with Crippen LogP contribution in [0.5, 0.6) is 0 Å². The van der Waals surface area contributed by atoms with Crippen LogP contribution in [0.2, 0.25) is 0 Å². The van der Waals surface area contributed by atoms with Crippen LogP contribution in [-0.2, 0) is 4.74 Å². The van der Waals surface area contributed by atoms with Crippen LogP contribution in [0.3, 0.4) is 0 Å². The number of anilines is 2. The van der Waals surface area contributed by atoms with E-state index < -0.39 is 0 Å². The Balaban J connectivity index is 1.62. The number of para-hydroxylation sites is 2. The molecule has 25 heavy (non-hydrogen) atoms. The van der Waals surface area contributed by atoms with Crippen molar-refractivity contribution < 1.29 is 4.74 Å². The van der Waals surface area contributed by atoms with Gasteiger partial charge in [0.15, 0.2) is 0 Å². The van der Waals surface area contributed by atoms with Gasteiger partial charge in [-0.2, -0.15) is 9.97 Å². The molecule has 7 heteroatoms. The Hall–Kier alpha value is -2.67. The van der Waals surface area contributed by atoms with Crippen LogP contribution < -0.4 is 9.80 Å². The quantitative estimate of drug-likeness (QED) is 0.681. The van der Waals surface area contributed by atoms with Gasteiger partial charge in [0.1, 0.15) is 18.0 Å². The van der Waals surface area contributed by atoms with Gasteiger partial charge in [-0.15, -0.1) is 0 Å². The number of nitrogens with zero attached hydrogens (tertiary/aromatic N) is 6. The molecule has 0 aliphatic carbocycles. The summed E-state index contributed by atoms with van der Waals surface area (Å²) in [6.45, 7) is 6.45. The van der Waals surface area contributed by atoms with E-state index in [1.807, 2.05) is 28.8 Å². The zero-order valence-corrected chi connectivity index (χ0v) is 14.2. The molecule has 0 N–H and O–H groups in total. The van der Waals surface area contributed by atoms with Gasteiger partial charge in [-0.1, -0.05) is 12.1 Å². The molecule has 0 bridgehead atoms. The maximum atomic E-state index is 5.48. The third-order valence-electron chi connectivity index (χ3n) is 4.85. The van der Waals surface area contributed by atoms with E-state index in [1.165, 1.54) is 0 Å². The predicted molar refractivity (Wildman–Crippen MR) is 96.5 cm³/mol. The molecule has 1 aromatic carbocycles. The number of morpholine rings is 1. The topological polar surface area (TPSA) is 59.1 Å². The van der Waals surface area contributed by atoms with Crippen LogP contribution in [0.4, 0.5) is 11.6 Å². The molecular formula is C18H20N6O.